The third-order valence-electron chi connectivity index (χ3n) is 13.8. The van der Waals surface area contributed by atoms with Crippen molar-refractivity contribution in [2.45, 2.75) is 92.9 Å². The number of hydrogen-bond donors (Lipinski definition) is 0. The van der Waals surface area contributed by atoms with Gasteiger partial charge < -0.3 is 9.80 Å². The van der Waals surface area contributed by atoms with Crippen molar-refractivity contribution < 1.29 is 0 Å². The van der Waals surface area contributed by atoms with E-state index in [1.165, 1.54) is 152 Å². The molecule has 0 radical (unpaired) electrons. The second-order valence-electron chi connectivity index (χ2n) is 17.4. The Labute approximate surface area is 322 Å². The minimum atomic E-state index is 0.169. The number of para-hydroxylation sites is 2. The van der Waals surface area contributed by atoms with E-state index in [2.05, 4.69) is 136 Å². The molecule has 0 amide bonds. The normalized spacial score (nSPS) is 16.0. The molecule has 2 nitrogen and oxygen atoms in total. The Kier molecular flexibility index (Phi) is 7.08. The van der Waals surface area contributed by atoms with E-state index in [4.69, 9.17) is 0 Å². The molecule has 0 unspecified atom stereocenters. The molecule has 3 heterocycles. The van der Waals surface area contributed by atoms with Crippen molar-refractivity contribution in [3.63, 3.8) is 0 Å². The minimum absolute atomic E-state index is 0.169. The zero-order valence-electron chi connectivity index (χ0n) is 32.8. The number of anilines is 6. The highest BCUT2D eigenvalue weighted by Gasteiger charge is 2.47. The van der Waals surface area contributed by atoms with Gasteiger partial charge in [0, 0.05) is 11.4 Å². The number of aryl methyl sites for hydroxylation is 10. The first-order valence-corrected chi connectivity index (χ1v) is 20.6. The summed E-state index contributed by atoms with van der Waals surface area (Å²) in [5, 5.41) is 0. The highest BCUT2D eigenvalue weighted by atomic mass is 15.3. The van der Waals surface area contributed by atoms with Crippen LogP contribution in [0.15, 0.2) is 84.9 Å². The second kappa shape index (κ2) is 11.8. The van der Waals surface area contributed by atoms with Gasteiger partial charge in [0.15, 0.2) is 0 Å². The summed E-state index contributed by atoms with van der Waals surface area (Å²) in [4.78, 5) is 5.41. The maximum atomic E-state index is 2.70. The lowest BCUT2D eigenvalue weighted by Crippen LogP contribution is -2.62. The molecule has 0 atom stereocenters. The Hall–Kier alpha value is -4.95. The van der Waals surface area contributed by atoms with Gasteiger partial charge in [-0.3, -0.25) is 0 Å². The van der Waals surface area contributed by atoms with E-state index in [0.717, 1.165) is 0 Å². The van der Waals surface area contributed by atoms with Gasteiger partial charge in [-0.1, -0.05) is 105 Å². The molecule has 54 heavy (non-hydrogen) atoms. The summed E-state index contributed by atoms with van der Waals surface area (Å²) in [5.74, 6) is 0. The summed E-state index contributed by atoms with van der Waals surface area (Å²) in [7, 11) is 0. The van der Waals surface area contributed by atoms with Gasteiger partial charge in [0.2, 0.25) is 13.4 Å². The van der Waals surface area contributed by atoms with Crippen LogP contribution in [0.2, 0.25) is 0 Å². The molecule has 4 heteroatoms. The van der Waals surface area contributed by atoms with Gasteiger partial charge >= 0.3 is 0 Å². The summed E-state index contributed by atoms with van der Waals surface area (Å²) in [5.41, 5.74) is 31.3. The Morgan fingerprint density at radius 2 is 0.741 bits per heavy atom. The molecule has 6 aromatic carbocycles. The summed E-state index contributed by atoms with van der Waals surface area (Å²) in [6.07, 6.45) is 9.83. The third kappa shape index (κ3) is 4.49. The molecule has 3 aliphatic heterocycles. The SMILES string of the molecule is Cc1cc(C)c(B2c3cc4c(cc3N3c5cccc6c5N(c5cc7c(cc5B6c5c(C)cc(C)cc5C)CCCC7)c5cccc2c53)CCCC4)c(C)c1. The fourth-order valence-corrected chi connectivity index (χ4v) is 11.8. The number of fused-ring (bicyclic) bond motifs is 8. The van der Waals surface area contributed by atoms with E-state index in [9.17, 15) is 0 Å². The fraction of sp³-hybridized carbons (Fsp3) is 0.280. The lowest BCUT2D eigenvalue weighted by Gasteiger charge is -2.49. The lowest BCUT2D eigenvalue weighted by molar-refractivity contribution is 0.686. The van der Waals surface area contributed by atoms with Crippen molar-refractivity contribution in [1.82, 2.24) is 0 Å². The first-order chi connectivity index (χ1) is 26.3. The van der Waals surface area contributed by atoms with Crippen molar-refractivity contribution in [3.8, 4) is 0 Å². The van der Waals surface area contributed by atoms with Gasteiger partial charge in [-0.25, -0.2) is 0 Å². The van der Waals surface area contributed by atoms with E-state index in [0.29, 0.717) is 0 Å². The van der Waals surface area contributed by atoms with Crippen LogP contribution in [0, 0.1) is 41.5 Å². The van der Waals surface area contributed by atoms with Crippen molar-refractivity contribution in [3.05, 3.63) is 141 Å². The zero-order valence-corrected chi connectivity index (χ0v) is 32.8. The summed E-state index contributed by atoms with van der Waals surface area (Å²) < 4.78 is 0. The number of hydrogen-bond acceptors (Lipinski definition) is 2. The largest absolute Gasteiger partial charge is 0.307 e. The maximum absolute atomic E-state index is 2.70. The summed E-state index contributed by atoms with van der Waals surface area (Å²) in [6.45, 7) is 14.2. The standard InChI is InChI=1S/C50H48B2N2/c1-29-21-31(3)47(32(4)22-29)51-39-17-11-19-43-49(39)53(45-27-37-15-9-7-13-35(37)25-41(45)51)44-20-12-18-40-50(44)54(43)46-28-38-16-10-8-14-36(38)26-42(46)52(40)48-33(5)23-30(2)24-34(48)6/h11-12,17-28H,7-10,13-16H2,1-6H3. The third-order valence-corrected chi connectivity index (χ3v) is 13.8. The maximum Gasteiger partial charge on any atom is 0.247 e. The van der Waals surface area contributed by atoms with E-state index in [1.54, 1.807) is 22.3 Å². The zero-order chi connectivity index (χ0) is 36.6. The quantitative estimate of drug-likeness (QED) is 0.168. The molecule has 11 rings (SSSR count). The molecule has 5 aliphatic rings. The van der Waals surface area contributed by atoms with Crippen molar-refractivity contribution in [1.29, 1.82) is 0 Å². The van der Waals surface area contributed by atoms with Crippen molar-refractivity contribution in [2.75, 3.05) is 9.80 Å². The molecule has 2 aliphatic carbocycles. The van der Waals surface area contributed by atoms with E-state index in [1.807, 2.05) is 0 Å². The Balaban J connectivity index is 1.25. The van der Waals surface area contributed by atoms with Crippen LogP contribution in [0.4, 0.5) is 34.1 Å². The molecular weight excluding hydrogens is 650 g/mol. The van der Waals surface area contributed by atoms with Crippen LogP contribution in [0.25, 0.3) is 0 Å². The lowest BCUT2D eigenvalue weighted by atomic mass is 9.32. The topological polar surface area (TPSA) is 6.48 Å². The summed E-state index contributed by atoms with van der Waals surface area (Å²) in [6, 6.07) is 34.6. The first kappa shape index (κ1) is 32.5. The average molecular weight is 699 g/mol. The van der Waals surface area contributed by atoms with Crippen LogP contribution in [-0.4, -0.2) is 13.4 Å². The molecule has 0 saturated heterocycles. The molecule has 0 saturated carbocycles. The van der Waals surface area contributed by atoms with Gasteiger partial charge in [0.05, 0.1) is 22.7 Å². The van der Waals surface area contributed by atoms with Crippen LogP contribution in [-0.2, 0) is 25.7 Å². The van der Waals surface area contributed by atoms with Gasteiger partial charge in [0.25, 0.3) is 0 Å². The predicted octanol–water partition coefficient (Wildman–Crippen LogP) is 8.21. The highest BCUT2D eigenvalue weighted by molar-refractivity contribution is 7.00. The molecule has 0 spiro atoms. The minimum Gasteiger partial charge on any atom is -0.307 e. The molecule has 264 valence electrons. The smallest absolute Gasteiger partial charge is 0.247 e. The average Bonchev–Trinajstić information content (AvgIpc) is 3.15. The highest BCUT2D eigenvalue weighted by Crippen LogP contribution is 2.55. The van der Waals surface area contributed by atoms with Gasteiger partial charge in [-0.05, 0) is 161 Å². The molecule has 6 aromatic rings. The van der Waals surface area contributed by atoms with Crippen LogP contribution < -0.4 is 42.6 Å². The molecule has 0 bridgehead atoms. The van der Waals surface area contributed by atoms with E-state index in [-0.39, 0.29) is 13.4 Å². The van der Waals surface area contributed by atoms with Crippen LogP contribution in [0.5, 0.6) is 0 Å². The fourth-order valence-electron chi connectivity index (χ4n) is 11.8. The monoisotopic (exact) mass is 698 g/mol. The second-order valence-corrected chi connectivity index (χ2v) is 17.4. The molecule has 0 fully saturated rings. The number of benzene rings is 6. The Morgan fingerprint density at radius 3 is 1.11 bits per heavy atom. The Morgan fingerprint density at radius 1 is 0.389 bits per heavy atom. The van der Waals surface area contributed by atoms with E-state index < -0.39 is 0 Å². The summed E-state index contributed by atoms with van der Waals surface area (Å²) >= 11 is 0. The van der Waals surface area contributed by atoms with Crippen LogP contribution in [0.3, 0.4) is 0 Å². The Bertz CT molecular complexity index is 2390. The number of rotatable bonds is 2. The van der Waals surface area contributed by atoms with Crippen LogP contribution >= 0.6 is 0 Å². The van der Waals surface area contributed by atoms with Crippen LogP contribution in [0.1, 0.15) is 81.3 Å². The van der Waals surface area contributed by atoms with Crippen molar-refractivity contribution in [2.24, 2.45) is 0 Å². The molecular formula is C50H48B2N2. The van der Waals surface area contributed by atoms with Gasteiger partial charge in [0.1, 0.15) is 0 Å². The molecule has 0 aromatic heterocycles. The van der Waals surface area contributed by atoms with Gasteiger partial charge in [-0.15, -0.1) is 0 Å². The first-order valence-electron chi connectivity index (χ1n) is 20.6. The van der Waals surface area contributed by atoms with Gasteiger partial charge in [-0.2, -0.15) is 0 Å². The number of nitrogens with zero attached hydrogens (tertiary/aromatic N) is 2. The predicted molar refractivity (Wildman–Crippen MR) is 233 cm³/mol. The van der Waals surface area contributed by atoms with Crippen molar-refractivity contribution >= 4 is 80.3 Å². The molecule has 0 N–H and O–H groups in total. The van der Waals surface area contributed by atoms with E-state index >= 15 is 0 Å².